The maximum absolute atomic E-state index is 13.8. The summed E-state index contributed by atoms with van der Waals surface area (Å²) in [7, 11) is -4.29. The largest absolute Gasteiger partial charge is 0.397 e. The fourth-order valence-corrected chi connectivity index (χ4v) is 4.63. The lowest BCUT2D eigenvalue weighted by Gasteiger charge is -2.36. The molecule has 0 bridgehead atoms. The van der Waals surface area contributed by atoms with Crippen LogP contribution in [0.5, 0.6) is 0 Å². The summed E-state index contributed by atoms with van der Waals surface area (Å²) in [5.74, 6) is -2.21. The van der Waals surface area contributed by atoms with Crippen molar-refractivity contribution in [1.29, 1.82) is 0 Å². The molecule has 0 aromatic heterocycles. The Bertz CT molecular complexity index is 1050. The van der Waals surface area contributed by atoms with Gasteiger partial charge in [0.25, 0.3) is 10.0 Å². The number of carbonyl (C=O) groups is 1. The summed E-state index contributed by atoms with van der Waals surface area (Å²) in [6, 6.07) is 5.11. The van der Waals surface area contributed by atoms with E-state index in [4.69, 9.17) is 5.73 Å². The number of amides is 1. The molecule has 1 aliphatic heterocycles. The van der Waals surface area contributed by atoms with Crippen LogP contribution in [0, 0.1) is 11.6 Å². The van der Waals surface area contributed by atoms with E-state index in [-0.39, 0.29) is 17.3 Å². The highest BCUT2D eigenvalue weighted by molar-refractivity contribution is 7.92. The van der Waals surface area contributed by atoms with Gasteiger partial charge in [0.05, 0.1) is 22.5 Å². The SMILES string of the molecule is Nc1cc(NS(=O)(=O)c2ccc(F)cc2F)cc2c1NC(=O)C21CCC1. The zero-order valence-electron chi connectivity index (χ0n) is 13.5. The van der Waals surface area contributed by atoms with Crippen LogP contribution >= 0.6 is 0 Å². The predicted octanol–water partition coefficient (Wildman–Crippen LogP) is 2.72. The fraction of sp³-hybridized carbons (Fsp3) is 0.235. The van der Waals surface area contributed by atoms with Crippen molar-refractivity contribution in [2.45, 2.75) is 29.6 Å². The molecule has 1 saturated carbocycles. The molecule has 0 saturated heterocycles. The first-order valence-electron chi connectivity index (χ1n) is 7.96. The van der Waals surface area contributed by atoms with Gasteiger partial charge in [0, 0.05) is 6.07 Å². The van der Waals surface area contributed by atoms with Gasteiger partial charge in [-0.2, -0.15) is 0 Å². The minimum atomic E-state index is -4.29. The van der Waals surface area contributed by atoms with E-state index >= 15 is 0 Å². The number of rotatable bonds is 3. The van der Waals surface area contributed by atoms with Crippen molar-refractivity contribution in [3.63, 3.8) is 0 Å². The van der Waals surface area contributed by atoms with Crippen LogP contribution in [0.1, 0.15) is 24.8 Å². The number of fused-ring (bicyclic) bond motifs is 2. The van der Waals surface area contributed by atoms with Crippen molar-refractivity contribution in [2.24, 2.45) is 0 Å². The molecule has 1 spiro atoms. The Kier molecular flexibility index (Phi) is 3.49. The smallest absolute Gasteiger partial charge is 0.264 e. The summed E-state index contributed by atoms with van der Waals surface area (Å²) in [4.78, 5) is 11.6. The zero-order valence-corrected chi connectivity index (χ0v) is 14.3. The first-order valence-corrected chi connectivity index (χ1v) is 9.45. The number of halogens is 2. The van der Waals surface area contributed by atoms with Gasteiger partial charge >= 0.3 is 0 Å². The average molecular weight is 379 g/mol. The highest BCUT2D eigenvalue weighted by Gasteiger charge is 2.51. The van der Waals surface area contributed by atoms with E-state index in [0.717, 1.165) is 18.6 Å². The number of benzene rings is 2. The normalized spacial score (nSPS) is 17.5. The van der Waals surface area contributed by atoms with Crippen LogP contribution in [-0.2, 0) is 20.2 Å². The lowest BCUT2D eigenvalue weighted by atomic mass is 9.65. The molecule has 9 heteroatoms. The molecule has 4 N–H and O–H groups in total. The Morgan fingerprint density at radius 2 is 1.88 bits per heavy atom. The standard InChI is InChI=1S/C17H15F2N3O3S/c18-9-2-3-14(12(19)6-9)26(24,25)22-10-7-11-15(13(20)8-10)21-16(23)17(11)4-1-5-17/h2-3,6-8,22H,1,4-5,20H2,(H,21,23). The van der Waals surface area contributed by atoms with E-state index in [1.807, 2.05) is 0 Å². The Morgan fingerprint density at radius 3 is 2.50 bits per heavy atom. The van der Waals surface area contributed by atoms with Crippen LogP contribution in [-0.4, -0.2) is 14.3 Å². The summed E-state index contributed by atoms with van der Waals surface area (Å²) in [6.07, 6.45) is 2.21. The van der Waals surface area contributed by atoms with Crippen LogP contribution in [0.4, 0.5) is 25.8 Å². The second-order valence-corrected chi connectivity index (χ2v) is 8.21. The molecule has 1 amide bonds. The maximum Gasteiger partial charge on any atom is 0.264 e. The number of hydrogen-bond acceptors (Lipinski definition) is 4. The van der Waals surface area contributed by atoms with Gasteiger partial charge in [0.15, 0.2) is 0 Å². The van der Waals surface area contributed by atoms with Gasteiger partial charge in [-0.15, -0.1) is 0 Å². The van der Waals surface area contributed by atoms with E-state index in [1.165, 1.54) is 6.07 Å². The molecule has 0 radical (unpaired) electrons. The molecule has 136 valence electrons. The maximum atomic E-state index is 13.8. The average Bonchev–Trinajstić information content (AvgIpc) is 2.79. The number of sulfonamides is 1. The number of hydrogen-bond donors (Lipinski definition) is 3. The summed E-state index contributed by atoms with van der Waals surface area (Å²) in [6.45, 7) is 0. The third kappa shape index (κ3) is 2.34. The fourth-order valence-electron chi connectivity index (χ4n) is 3.53. The number of nitrogen functional groups attached to an aromatic ring is 1. The van der Waals surface area contributed by atoms with E-state index < -0.39 is 32.0 Å². The molecule has 2 aliphatic rings. The lowest BCUT2D eigenvalue weighted by Crippen LogP contribution is -2.40. The number of carbonyl (C=O) groups excluding carboxylic acids is 1. The van der Waals surface area contributed by atoms with Crippen LogP contribution in [0.2, 0.25) is 0 Å². The lowest BCUT2D eigenvalue weighted by molar-refractivity contribution is -0.123. The van der Waals surface area contributed by atoms with Gasteiger partial charge in [-0.05, 0) is 42.7 Å². The monoisotopic (exact) mass is 379 g/mol. The third-order valence-corrected chi connectivity index (χ3v) is 6.41. The van der Waals surface area contributed by atoms with Crippen molar-refractivity contribution in [1.82, 2.24) is 0 Å². The van der Waals surface area contributed by atoms with Gasteiger partial charge < -0.3 is 11.1 Å². The van der Waals surface area contributed by atoms with Crippen molar-refractivity contribution in [2.75, 3.05) is 15.8 Å². The molecular formula is C17H15F2N3O3S. The molecule has 1 heterocycles. The molecule has 4 rings (SSSR count). The Morgan fingerprint density at radius 1 is 1.15 bits per heavy atom. The van der Waals surface area contributed by atoms with E-state index in [2.05, 4.69) is 10.0 Å². The second kappa shape index (κ2) is 5.41. The van der Waals surface area contributed by atoms with E-state index in [9.17, 15) is 22.0 Å². The second-order valence-electron chi connectivity index (χ2n) is 6.56. The molecule has 1 fully saturated rings. The van der Waals surface area contributed by atoms with Crippen LogP contribution in [0.15, 0.2) is 35.2 Å². The van der Waals surface area contributed by atoms with Crippen molar-refractivity contribution >= 4 is 33.0 Å². The molecule has 0 atom stereocenters. The quantitative estimate of drug-likeness (QED) is 0.714. The molecule has 26 heavy (non-hydrogen) atoms. The molecule has 2 aromatic carbocycles. The van der Waals surface area contributed by atoms with Crippen LogP contribution in [0.25, 0.3) is 0 Å². The highest BCUT2D eigenvalue weighted by atomic mass is 32.2. The summed E-state index contributed by atoms with van der Waals surface area (Å²) in [5, 5.41) is 2.75. The van der Waals surface area contributed by atoms with Gasteiger partial charge in [-0.1, -0.05) is 6.42 Å². The van der Waals surface area contributed by atoms with Crippen LogP contribution < -0.4 is 15.8 Å². The molecule has 0 unspecified atom stereocenters. The molecule has 6 nitrogen and oxygen atoms in total. The number of anilines is 3. The molecule has 2 aromatic rings. The first-order chi connectivity index (χ1) is 12.2. The predicted molar refractivity (Wildman–Crippen MR) is 92.2 cm³/mol. The van der Waals surface area contributed by atoms with Crippen LogP contribution in [0.3, 0.4) is 0 Å². The Hall–Kier alpha value is -2.68. The zero-order chi connectivity index (χ0) is 18.7. The highest BCUT2D eigenvalue weighted by Crippen LogP contribution is 2.53. The van der Waals surface area contributed by atoms with Gasteiger partial charge in [-0.25, -0.2) is 17.2 Å². The van der Waals surface area contributed by atoms with Gasteiger partial charge in [-0.3, -0.25) is 9.52 Å². The topological polar surface area (TPSA) is 101 Å². The van der Waals surface area contributed by atoms with E-state index in [1.54, 1.807) is 6.07 Å². The molecule has 1 aliphatic carbocycles. The number of nitrogens with two attached hydrogens (primary N) is 1. The third-order valence-electron chi connectivity index (χ3n) is 5.00. The van der Waals surface area contributed by atoms with Gasteiger partial charge in [0.2, 0.25) is 5.91 Å². The molecular weight excluding hydrogens is 364 g/mol. The van der Waals surface area contributed by atoms with E-state index in [0.29, 0.717) is 30.2 Å². The minimum Gasteiger partial charge on any atom is -0.397 e. The van der Waals surface area contributed by atoms with Crippen molar-refractivity contribution < 1.29 is 22.0 Å². The van der Waals surface area contributed by atoms with Gasteiger partial charge in [0.1, 0.15) is 16.5 Å². The summed E-state index contributed by atoms with van der Waals surface area (Å²) >= 11 is 0. The summed E-state index contributed by atoms with van der Waals surface area (Å²) < 4.78 is 54.0. The minimum absolute atomic E-state index is 0.118. The van der Waals surface area contributed by atoms with Crippen molar-refractivity contribution in [3.05, 3.63) is 47.5 Å². The van der Waals surface area contributed by atoms with Crippen molar-refractivity contribution in [3.8, 4) is 0 Å². The number of nitrogens with one attached hydrogen (secondary N) is 2. The Balaban J connectivity index is 1.74. The first kappa shape index (κ1) is 16.8. The summed E-state index contributed by atoms with van der Waals surface area (Å²) in [5.41, 5.74) is 6.77. The Labute approximate surface area is 148 Å².